The molecule has 6 nitrogen and oxygen atoms in total. The second-order valence-corrected chi connectivity index (χ2v) is 8.40. The zero-order valence-corrected chi connectivity index (χ0v) is 19.8. The smallest absolute Gasteiger partial charge is 0.163 e. The third-order valence-electron chi connectivity index (χ3n) is 5.33. The van der Waals surface area contributed by atoms with E-state index in [1.54, 1.807) is 13.3 Å². The quantitative estimate of drug-likeness (QED) is 0.269. The van der Waals surface area contributed by atoms with Gasteiger partial charge in [0.2, 0.25) is 0 Å². The van der Waals surface area contributed by atoms with Crippen molar-refractivity contribution in [3.8, 4) is 28.5 Å². The Kier molecular flexibility index (Phi) is 5.79. The fourth-order valence-corrected chi connectivity index (χ4v) is 4.15. The molecule has 2 aromatic carbocycles. The third kappa shape index (κ3) is 4.45. The van der Waals surface area contributed by atoms with Gasteiger partial charge in [0.25, 0.3) is 0 Å². The van der Waals surface area contributed by atoms with Crippen LogP contribution in [0.3, 0.4) is 0 Å². The van der Waals surface area contributed by atoms with Crippen molar-refractivity contribution < 1.29 is 9.47 Å². The van der Waals surface area contributed by atoms with Crippen molar-refractivity contribution in [3.63, 3.8) is 0 Å². The van der Waals surface area contributed by atoms with E-state index in [4.69, 9.17) is 9.47 Å². The number of benzene rings is 2. The summed E-state index contributed by atoms with van der Waals surface area (Å²) < 4.78 is 14.0. The second-order valence-electron chi connectivity index (χ2n) is 7.65. The molecular formula is C26H21BrN4O2. The SMILES string of the molecule is COc1ccc(Cn2nc(Br)c3c(Oc4ccc(-c5ccc(C)cn5)cc4)ccnc32)cc1. The number of aryl methyl sites for hydroxylation is 1. The number of nitrogens with zero attached hydrogens (tertiary/aromatic N) is 4. The first kappa shape index (κ1) is 21.2. The Bertz CT molecular complexity index is 1400. The normalized spacial score (nSPS) is 11.0. The molecule has 5 aromatic rings. The molecule has 0 N–H and O–H groups in total. The molecule has 7 heteroatoms. The van der Waals surface area contributed by atoms with Gasteiger partial charge >= 0.3 is 0 Å². The zero-order chi connectivity index (χ0) is 22.8. The second kappa shape index (κ2) is 9.03. The van der Waals surface area contributed by atoms with Crippen molar-refractivity contribution in [1.82, 2.24) is 19.7 Å². The Balaban J connectivity index is 1.41. The van der Waals surface area contributed by atoms with E-state index in [1.165, 1.54) is 0 Å². The molecule has 0 radical (unpaired) electrons. The molecule has 5 rings (SSSR count). The average molecular weight is 501 g/mol. The Hall–Kier alpha value is -3.71. The van der Waals surface area contributed by atoms with E-state index in [-0.39, 0.29) is 0 Å². The molecular weight excluding hydrogens is 480 g/mol. The molecule has 3 heterocycles. The highest BCUT2D eigenvalue weighted by Crippen LogP contribution is 2.34. The predicted octanol–water partition coefficient (Wildman–Crippen LogP) is 6.41. The summed E-state index contributed by atoms with van der Waals surface area (Å²) in [6.45, 7) is 2.61. The molecule has 0 spiro atoms. The monoisotopic (exact) mass is 500 g/mol. The molecule has 33 heavy (non-hydrogen) atoms. The van der Waals surface area contributed by atoms with Crippen LogP contribution in [0, 0.1) is 6.92 Å². The number of aromatic nitrogens is 4. The fraction of sp³-hybridized carbons (Fsp3) is 0.115. The Morgan fingerprint density at radius 3 is 2.33 bits per heavy atom. The highest BCUT2D eigenvalue weighted by Gasteiger charge is 2.16. The summed E-state index contributed by atoms with van der Waals surface area (Å²) >= 11 is 3.59. The summed E-state index contributed by atoms with van der Waals surface area (Å²) in [4.78, 5) is 9.04. The number of hydrogen-bond acceptors (Lipinski definition) is 5. The van der Waals surface area contributed by atoms with Crippen LogP contribution in [-0.2, 0) is 6.54 Å². The highest BCUT2D eigenvalue weighted by molar-refractivity contribution is 9.10. The van der Waals surface area contributed by atoms with Crippen LogP contribution in [0.25, 0.3) is 22.3 Å². The first-order valence-corrected chi connectivity index (χ1v) is 11.2. The predicted molar refractivity (Wildman–Crippen MR) is 132 cm³/mol. The van der Waals surface area contributed by atoms with Gasteiger partial charge in [0.05, 0.1) is 24.7 Å². The Labute approximate surface area is 200 Å². The van der Waals surface area contributed by atoms with Crippen LogP contribution in [0.2, 0.25) is 0 Å². The number of halogens is 1. The van der Waals surface area contributed by atoms with E-state index in [2.05, 4.69) is 37.1 Å². The number of hydrogen-bond donors (Lipinski definition) is 0. The maximum Gasteiger partial charge on any atom is 0.163 e. The molecule has 0 atom stereocenters. The third-order valence-corrected chi connectivity index (χ3v) is 5.89. The fourth-order valence-electron chi connectivity index (χ4n) is 3.59. The van der Waals surface area contributed by atoms with Crippen LogP contribution in [0.5, 0.6) is 17.2 Å². The first-order chi connectivity index (χ1) is 16.1. The lowest BCUT2D eigenvalue weighted by Gasteiger charge is -2.09. The summed E-state index contributed by atoms with van der Waals surface area (Å²) in [7, 11) is 1.66. The van der Waals surface area contributed by atoms with Crippen molar-refractivity contribution in [2.75, 3.05) is 7.11 Å². The van der Waals surface area contributed by atoms with E-state index in [1.807, 2.05) is 78.5 Å². The van der Waals surface area contributed by atoms with Crippen molar-refractivity contribution in [2.24, 2.45) is 0 Å². The largest absolute Gasteiger partial charge is 0.497 e. The standard InChI is InChI=1S/C26H21BrN4O2/c1-17-3-12-22(29-15-17)19-6-10-21(11-7-19)33-23-13-14-28-26-24(23)25(27)30-31(26)16-18-4-8-20(32-2)9-5-18/h3-15H,16H2,1-2H3. The van der Waals surface area contributed by atoms with E-state index < -0.39 is 0 Å². The summed E-state index contributed by atoms with van der Waals surface area (Å²) in [5.74, 6) is 2.24. The highest BCUT2D eigenvalue weighted by atomic mass is 79.9. The van der Waals surface area contributed by atoms with Gasteiger partial charge in [-0.3, -0.25) is 4.98 Å². The summed E-state index contributed by atoms with van der Waals surface area (Å²) in [6.07, 6.45) is 3.61. The lowest BCUT2D eigenvalue weighted by Crippen LogP contribution is -2.02. The maximum atomic E-state index is 6.22. The van der Waals surface area contributed by atoms with Gasteiger partial charge in [-0.25, -0.2) is 9.67 Å². The minimum Gasteiger partial charge on any atom is -0.497 e. The maximum absolute atomic E-state index is 6.22. The molecule has 0 aliphatic rings. The lowest BCUT2D eigenvalue weighted by atomic mass is 10.1. The van der Waals surface area contributed by atoms with Crippen LogP contribution < -0.4 is 9.47 Å². The first-order valence-electron chi connectivity index (χ1n) is 10.5. The Morgan fingerprint density at radius 2 is 1.64 bits per heavy atom. The van der Waals surface area contributed by atoms with Crippen LogP contribution >= 0.6 is 15.9 Å². The molecule has 164 valence electrons. The minimum atomic E-state index is 0.584. The van der Waals surface area contributed by atoms with Crippen molar-refractivity contribution in [2.45, 2.75) is 13.5 Å². The number of fused-ring (bicyclic) bond motifs is 1. The van der Waals surface area contributed by atoms with Crippen LogP contribution in [0.4, 0.5) is 0 Å². The van der Waals surface area contributed by atoms with E-state index in [9.17, 15) is 0 Å². The van der Waals surface area contributed by atoms with Gasteiger partial charge in [-0.15, -0.1) is 0 Å². The Morgan fingerprint density at radius 1 is 0.879 bits per heavy atom. The lowest BCUT2D eigenvalue weighted by molar-refractivity contribution is 0.414. The van der Waals surface area contributed by atoms with Crippen LogP contribution in [-0.4, -0.2) is 26.9 Å². The van der Waals surface area contributed by atoms with Crippen LogP contribution in [0.15, 0.2) is 83.7 Å². The van der Waals surface area contributed by atoms with Gasteiger partial charge in [0.1, 0.15) is 21.9 Å². The van der Waals surface area contributed by atoms with Crippen molar-refractivity contribution in [1.29, 1.82) is 0 Å². The van der Waals surface area contributed by atoms with Gasteiger partial charge in [-0.1, -0.05) is 18.2 Å². The number of ether oxygens (including phenoxy) is 2. The number of methoxy groups -OCH3 is 1. The molecule has 0 unspecified atom stereocenters. The summed E-state index contributed by atoms with van der Waals surface area (Å²) in [5, 5.41) is 5.47. The van der Waals surface area contributed by atoms with E-state index in [0.29, 0.717) is 16.9 Å². The number of pyridine rings is 2. The van der Waals surface area contributed by atoms with Gasteiger partial charge in [-0.2, -0.15) is 5.10 Å². The minimum absolute atomic E-state index is 0.584. The molecule has 0 fully saturated rings. The molecule has 0 amide bonds. The van der Waals surface area contributed by atoms with E-state index >= 15 is 0 Å². The van der Waals surface area contributed by atoms with Crippen LogP contribution in [0.1, 0.15) is 11.1 Å². The van der Waals surface area contributed by atoms with Crippen molar-refractivity contribution in [3.05, 3.63) is 94.9 Å². The van der Waals surface area contributed by atoms with Gasteiger partial charge in [0, 0.05) is 24.0 Å². The molecule has 3 aromatic heterocycles. The topological polar surface area (TPSA) is 62.1 Å². The van der Waals surface area contributed by atoms with E-state index in [0.717, 1.165) is 44.9 Å². The molecule has 0 aliphatic heterocycles. The van der Waals surface area contributed by atoms with Gasteiger partial charge in [0.15, 0.2) is 5.65 Å². The summed E-state index contributed by atoms with van der Waals surface area (Å²) in [6, 6.07) is 21.7. The molecule has 0 bridgehead atoms. The molecule has 0 saturated heterocycles. The summed E-state index contributed by atoms with van der Waals surface area (Å²) in [5.41, 5.74) is 4.95. The number of rotatable bonds is 6. The zero-order valence-electron chi connectivity index (χ0n) is 18.2. The average Bonchev–Trinajstić information content (AvgIpc) is 3.16. The molecule has 0 saturated carbocycles. The molecule has 0 aliphatic carbocycles. The van der Waals surface area contributed by atoms with Crippen molar-refractivity contribution >= 4 is 27.0 Å². The van der Waals surface area contributed by atoms with Gasteiger partial charge < -0.3 is 9.47 Å². The van der Waals surface area contributed by atoms with Gasteiger partial charge in [-0.05, 0) is 76.4 Å².